The van der Waals surface area contributed by atoms with E-state index in [0.717, 1.165) is 56.6 Å². The van der Waals surface area contributed by atoms with Crippen molar-refractivity contribution in [2.75, 3.05) is 0 Å². The predicted octanol–water partition coefficient (Wildman–Crippen LogP) is 27.3. The Labute approximate surface area is 788 Å². The third-order valence-corrected chi connectivity index (χ3v) is 26.5. The lowest BCUT2D eigenvalue weighted by Crippen LogP contribution is -2.63. The zero-order valence-corrected chi connectivity index (χ0v) is 73.7. The number of aromatic nitrogens is 6. The number of benzene rings is 18. The van der Waals surface area contributed by atoms with Crippen molar-refractivity contribution in [2.24, 2.45) is 0 Å². The molecule has 0 atom stereocenters. The normalized spacial score (nSPS) is 12.9. The minimum absolute atomic E-state index is 0.0528. The molecule has 0 unspecified atom stereocenters. The summed E-state index contributed by atoms with van der Waals surface area (Å²) in [4.78, 5) is 28.7. The zero-order chi connectivity index (χ0) is 95.1. The fourth-order valence-electron chi connectivity index (χ4n) is 18.8. The maximum absolute atomic E-state index is 14.6. The van der Waals surface area contributed by atoms with Crippen LogP contribution in [0.1, 0.15) is 44.5 Å². The minimum Gasteiger partial charge on any atom is -0.423 e. The minimum atomic E-state index is -7.46. The summed E-state index contributed by atoms with van der Waals surface area (Å²) in [6.07, 6.45) is -7.23. The molecule has 2 aromatic heterocycles. The van der Waals surface area contributed by atoms with E-state index in [1.807, 2.05) is 97.1 Å². The second kappa shape index (κ2) is 36.4. The molecule has 11 nitrogen and oxygen atoms in total. The van der Waals surface area contributed by atoms with E-state index in [9.17, 15) is 58.0 Å². The summed E-state index contributed by atoms with van der Waals surface area (Å²) in [5.74, 6) is -13.2. The van der Waals surface area contributed by atoms with Crippen LogP contribution in [-0.4, -0.2) is 78.8 Å². The SMILES string of the molecule is O=S(=O)(Oc1ccc2ccccc2c1-c1ccc(-c2nc(-c3ccccc3)nc(-c3ccccc3)n2)cc1)C(F)(F)C(F)(F)C(F)(F)C(F)(F)F.OB(O)c1ccc2c(c1)C(c1ccccc1)(c1ccccc1)c1ccccc1-2.c1ccc(-c2nc(-c3ccccc3)nc(-c3ccc(-c4c(-c5ccc6c(c5)C(c5ccccc5)(c5ccccc5)c5ccccc5-6)ccc5ccccc45)cc3)n2)cc1. The number of rotatable bonds is 19. The molecule has 0 saturated carbocycles. The molecule has 0 aliphatic heterocycles. The molecule has 2 aliphatic carbocycles. The van der Waals surface area contributed by atoms with Gasteiger partial charge in [0.05, 0.1) is 10.8 Å². The molecule has 0 fully saturated rings. The summed E-state index contributed by atoms with van der Waals surface area (Å²) in [6.45, 7) is 0. The van der Waals surface area contributed by atoms with Crippen molar-refractivity contribution in [3.8, 4) is 130 Å². The van der Waals surface area contributed by atoms with Crippen molar-refractivity contribution in [2.45, 2.75) is 34.1 Å². The van der Waals surface area contributed by atoms with Gasteiger partial charge in [0.25, 0.3) is 0 Å². The highest BCUT2D eigenvalue weighted by molar-refractivity contribution is 7.88. The van der Waals surface area contributed by atoms with Crippen molar-refractivity contribution in [1.29, 1.82) is 0 Å². The monoisotopic (exact) mass is 1850 g/mol. The Morgan fingerprint density at radius 2 is 0.536 bits per heavy atom. The van der Waals surface area contributed by atoms with E-state index in [-0.39, 0.29) is 22.3 Å². The number of fused-ring (bicyclic) bond motifs is 8. The molecule has 20 aromatic rings. The molecular weight excluding hydrogens is 1770 g/mol. The highest BCUT2D eigenvalue weighted by Crippen LogP contribution is 2.60. The quantitative estimate of drug-likeness (QED) is 0.0450. The molecule has 0 spiro atoms. The molecule has 0 radical (unpaired) electrons. The van der Waals surface area contributed by atoms with Gasteiger partial charge in [-0.1, -0.05) is 437 Å². The van der Waals surface area contributed by atoms with Crippen LogP contribution in [0.3, 0.4) is 0 Å². The maximum atomic E-state index is 14.6. The molecule has 0 bridgehead atoms. The van der Waals surface area contributed by atoms with E-state index in [2.05, 4.69) is 256 Å². The van der Waals surface area contributed by atoms with Crippen molar-refractivity contribution in [1.82, 2.24) is 29.9 Å². The fourth-order valence-corrected chi connectivity index (χ4v) is 19.7. The lowest BCUT2D eigenvalue weighted by Gasteiger charge is -2.34. The topological polar surface area (TPSA) is 161 Å². The molecule has 22 heteroatoms. The van der Waals surface area contributed by atoms with Gasteiger partial charge in [-0.2, -0.15) is 47.9 Å². The van der Waals surface area contributed by atoms with Crippen LogP contribution in [0.25, 0.3) is 146 Å². The second-order valence-corrected chi connectivity index (χ2v) is 34.9. The molecule has 2 N–H and O–H groups in total. The summed E-state index contributed by atoms with van der Waals surface area (Å²) in [7, 11) is -8.72. The highest BCUT2D eigenvalue weighted by atomic mass is 32.2. The van der Waals surface area contributed by atoms with Gasteiger partial charge >= 0.3 is 40.5 Å². The van der Waals surface area contributed by atoms with Crippen LogP contribution >= 0.6 is 0 Å². The van der Waals surface area contributed by atoms with Gasteiger partial charge < -0.3 is 14.2 Å². The Hall–Kier alpha value is -16.4. The van der Waals surface area contributed by atoms with Crippen LogP contribution in [0, 0.1) is 0 Å². The molecule has 0 saturated heterocycles. The van der Waals surface area contributed by atoms with Crippen LogP contribution in [0.4, 0.5) is 39.5 Å². The largest absolute Gasteiger partial charge is 0.488 e. The lowest BCUT2D eigenvalue weighted by molar-refractivity contribution is -0.382. The predicted molar refractivity (Wildman–Crippen MR) is 525 cm³/mol. The number of hydrogen-bond donors (Lipinski definition) is 2. The number of alkyl halides is 9. The smallest absolute Gasteiger partial charge is 0.423 e. The van der Waals surface area contributed by atoms with E-state index in [1.165, 1.54) is 114 Å². The van der Waals surface area contributed by atoms with Crippen molar-refractivity contribution < 1.29 is 62.2 Å². The standard InChI is InChI=1S/C56H37N3.C35H20F9N3O3S.C25H19BO2/c1-5-18-40(19-6-1)53-57-54(41-20-7-2-8-21-41)59-55(58-53)42-31-29-39(30-32-42)52-46-26-14-13-17-38(46)33-35-47(52)43-34-36-49-48-27-15-16-28-50(48)56(51(49)37-43,44-22-9-3-10-23-44)45-24-11-4-12-25-45;36-32(37,34(40,41)42)33(38,39)35(43,44)51(48,49)50-27-20-19-21-9-7-8-14-26(21)28(27)22-15-17-25(18-16-22)31-46-29(23-10-3-1-4-11-23)45-30(47-31)24-12-5-2-6-13-24;27-26(28)20-15-16-22-21-13-7-8-14-23(21)25(24(22)17-20,18-9-3-1-4-10-18)19-11-5-2-6-12-19/h1-37H;1-20H;1-17,27-28H. The molecule has 672 valence electrons. The van der Waals surface area contributed by atoms with E-state index in [4.69, 9.17) is 15.0 Å². The second-order valence-electron chi connectivity index (χ2n) is 33.3. The number of halogens is 9. The molecular formula is C116H76BF9N6O5S. The van der Waals surface area contributed by atoms with Gasteiger partial charge in [-0.15, -0.1) is 0 Å². The van der Waals surface area contributed by atoms with E-state index in [1.54, 1.807) is 60.7 Å². The Balaban J connectivity index is 0.000000135. The molecule has 2 heterocycles. The molecule has 0 amide bonds. The van der Waals surface area contributed by atoms with Crippen molar-refractivity contribution in [3.63, 3.8) is 0 Å². The van der Waals surface area contributed by atoms with Crippen LogP contribution in [-0.2, 0) is 20.9 Å². The Morgan fingerprint density at radius 3 is 0.913 bits per heavy atom. The third kappa shape index (κ3) is 16.0. The van der Waals surface area contributed by atoms with Crippen molar-refractivity contribution >= 4 is 44.2 Å². The highest BCUT2D eigenvalue weighted by Gasteiger charge is 2.86. The van der Waals surface area contributed by atoms with Crippen molar-refractivity contribution in [3.05, 3.63) is 493 Å². The summed E-state index contributed by atoms with van der Waals surface area (Å²) >= 11 is 0. The van der Waals surface area contributed by atoms with Crippen LogP contribution in [0.5, 0.6) is 5.75 Å². The van der Waals surface area contributed by atoms with Gasteiger partial charge in [0.15, 0.2) is 40.7 Å². The molecule has 18 aromatic carbocycles. The van der Waals surface area contributed by atoms with E-state index in [0.29, 0.717) is 56.7 Å². The third-order valence-electron chi connectivity index (χ3n) is 25.3. The van der Waals surface area contributed by atoms with Crippen LogP contribution < -0.4 is 9.65 Å². The van der Waals surface area contributed by atoms with Crippen LogP contribution in [0.15, 0.2) is 449 Å². The first-order chi connectivity index (χ1) is 66.9. The average molecular weight is 1850 g/mol. The average Bonchev–Trinajstić information content (AvgIpc) is 1.58. The molecule has 22 rings (SSSR count). The summed E-state index contributed by atoms with van der Waals surface area (Å²) in [6, 6.07) is 147. The summed E-state index contributed by atoms with van der Waals surface area (Å²) in [5, 5.41) is 15.5. The lowest BCUT2D eigenvalue weighted by atomic mass is 9.66. The van der Waals surface area contributed by atoms with Gasteiger partial charge in [0, 0.05) is 38.9 Å². The number of nitrogens with zero attached hydrogens (tertiary/aromatic N) is 6. The van der Waals surface area contributed by atoms with Gasteiger partial charge in [-0.25, -0.2) is 29.9 Å². The number of hydrogen-bond acceptors (Lipinski definition) is 11. The Kier molecular flexibility index (Phi) is 23.6. The Bertz CT molecular complexity index is 7850. The summed E-state index contributed by atoms with van der Waals surface area (Å²) < 4.78 is 152. The Morgan fingerprint density at radius 1 is 0.254 bits per heavy atom. The van der Waals surface area contributed by atoms with Gasteiger partial charge in [0.2, 0.25) is 0 Å². The van der Waals surface area contributed by atoms with Gasteiger partial charge in [0.1, 0.15) is 0 Å². The van der Waals surface area contributed by atoms with Gasteiger partial charge in [-0.3, -0.25) is 0 Å². The van der Waals surface area contributed by atoms with Crippen LogP contribution in [0.2, 0.25) is 0 Å². The van der Waals surface area contributed by atoms with Gasteiger partial charge in [-0.05, 0) is 134 Å². The molecule has 138 heavy (non-hydrogen) atoms. The first-order valence-corrected chi connectivity index (χ1v) is 45.5. The van der Waals surface area contributed by atoms with E-state index >= 15 is 0 Å². The first-order valence-electron chi connectivity index (χ1n) is 44.1. The first kappa shape index (κ1) is 89.5. The zero-order valence-electron chi connectivity index (χ0n) is 72.9. The van der Waals surface area contributed by atoms with E-state index < -0.39 is 57.1 Å². The maximum Gasteiger partial charge on any atom is 0.488 e. The summed E-state index contributed by atoms with van der Waals surface area (Å²) in [5.41, 5.74) is 23.1. The molecule has 2 aliphatic rings. The fraction of sp³-hybridized carbons (Fsp3) is 0.0517.